The number of rotatable bonds is 22. The Bertz CT molecular complexity index is 2770. The molecule has 0 amide bonds. The van der Waals surface area contributed by atoms with Gasteiger partial charge in [-0.2, -0.15) is 0 Å². The topological polar surface area (TPSA) is 434 Å². The molecule has 88 heavy (non-hydrogen) atoms. The molecule has 0 saturated heterocycles. The maximum atomic E-state index is 12.4. The van der Waals surface area contributed by atoms with E-state index in [9.17, 15) is 73.3 Å². The number of ether oxygens (including phenoxy) is 7. The second-order valence-corrected chi connectivity index (χ2v) is 16.4. The first-order chi connectivity index (χ1) is 37.1. The number of carbonyl (C=O) groups is 10. The Morgan fingerprint density at radius 2 is 0.659 bits per heavy atom. The Kier molecular flexibility index (Phi) is 52.4. The smallest absolute Gasteiger partial charge is 0.317 e. The molecule has 0 unspecified atom stereocenters. The van der Waals surface area contributed by atoms with Crippen molar-refractivity contribution in [3.8, 4) is 0 Å². The summed E-state index contributed by atoms with van der Waals surface area (Å²) in [5.41, 5.74) is 7.95. The number of nitrogens with two attached hydrogens (primary N) is 2. The van der Waals surface area contributed by atoms with Crippen LogP contribution in [0.2, 0.25) is 0 Å². The normalized spacial score (nSPS) is 9.44. The predicted molar refractivity (Wildman–Crippen MR) is 321 cm³/mol. The summed E-state index contributed by atoms with van der Waals surface area (Å²) >= 11 is 0. The number of nitrogens with zero attached hydrogens (tertiary/aromatic N) is 2. The van der Waals surface area contributed by atoms with E-state index in [1.165, 1.54) is 101 Å². The number of carbonyl (C=O) groups excluding carboxylic acids is 7. The number of nitro benzene ring substituents is 2. The minimum atomic E-state index is -2.01. The van der Waals surface area contributed by atoms with Crippen molar-refractivity contribution < 1.29 is 131 Å². The molecule has 31 heteroatoms. The molecule has 4 aromatic carbocycles. The Morgan fingerprint density at radius 3 is 0.875 bits per heavy atom. The number of benzene rings is 4. The Hall–Kier alpha value is -9.14. The largest absolute Gasteiger partial charge is 0.481 e. The zero-order valence-corrected chi connectivity index (χ0v) is 48.2. The van der Waals surface area contributed by atoms with Gasteiger partial charge in [0.15, 0.2) is 0 Å². The van der Waals surface area contributed by atoms with Crippen molar-refractivity contribution in [2.24, 2.45) is 0 Å². The summed E-state index contributed by atoms with van der Waals surface area (Å²) in [6, 6.07) is 22.4. The van der Waals surface area contributed by atoms with Crippen LogP contribution in [0.1, 0.15) is 97.9 Å². The quantitative estimate of drug-likeness (QED) is 0.00946. The summed E-state index contributed by atoms with van der Waals surface area (Å²) in [4.78, 5) is 136. The number of hydrogen-bond acceptors (Lipinski definition) is 23. The van der Waals surface area contributed by atoms with Gasteiger partial charge >= 0.3 is 59.7 Å². The molecule has 0 aliphatic heterocycles. The monoisotopic (exact) mass is 1370 g/mol. The van der Waals surface area contributed by atoms with Crippen molar-refractivity contribution in [2.75, 3.05) is 61.2 Å². The van der Waals surface area contributed by atoms with E-state index in [1.54, 1.807) is 24.3 Å². The fourth-order valence-corrected chi connectivity index (χ4v) is 7.26. The van der Waals surface area contributed by atoms with Gasteiger partial charge in [-0.15, -0.1) is 12.4 Å². The van der Waals surface area contributed by atoms with E-state index in [1.807, 2.05) is 0 Å². The summed E-state index contributed by atoms with van der Waals surface area (Å²) in [6.07, 6.45) is -3.18. The van der Waals surface area contributed by atoms with Crippen molar-refractivity contribution in [3.05, 3.63) is 147 Å². The molecule has 4 rings (SSSR count). The molecule has 4 aromatic rings. The third-order valence-corrected chi connectivity index (χ3v) is 11.4. The zero-order valence-electron chi connectivity index (χ0n) is 45.8. The minimum absolute atomic E-state index is 0. The molecule has 0 fully saturated rings. The Labute approximate surface area is 530 Å². The molecule has 0 radical (unpaired) electrons. The van der Waals surface area contributed by atoms with Crippen LogP contribution in [0.4, 0.5) is 27.5 Å². The fourth-order valence-electron chi connectivity index (χ4n) is 7.26. The van der Waals surface area contributed by atoms with Gasteiger partial charge in [-0.3, -0.25) is 72.9 Å². The third-order valence-electron chi connectivity index (χ3n) is 11.4. The average Bonchev–Trinajstić information content (AvgIpc) is 3.42. The number of aliphatic carboxylic acids is 3. The molecule has 28 nitrogen and oxygen atoms in total. The third kappa shape index (κ3) is 29.3. The molecule has 0 atom stereocenters. The van der Waals surface area contributed by atoms with Gasteiger partial charge in [0.2, 0.25) is 0 Å². The standard InChI is InChI=1S/C15H17NO8.C15H19NO6.C12H13NO6.C9H9NO4.5CH4.CH3.ClH.FH.Pd/c1-22-12(17)8-15(14(19)24-3,9-13(18)23-2)10-4-6-11(7-5-10)16(20)21;1-20-12(17)8-15(14(19)22-3,9-13(18)21-2)10-4-6-11(16)7-5-10;13-8-3-1-7(2-4-8)12(11(18)19,5-9(14)15)6-10(16)17;1-14-9(11)6-7-2-4-8(5-3-7)10(12)13;;;;;;;;;/h4-7H,8-9H2,1-3H3;4-7H,8-9,16H2,1-3H3;1-4H,5-6,13H2,(H,14,15)(H,16,17)(H,18,19);2-5H,6H2,1H3;5*1H4;1H3;2*1H;/q;;;;;;;;;-1;;;. The van der Waals surface area contributed by atoms with Crippen LogP contribution in [0.3, 0.4) is 0 Å². The summed E-state index contributed by atoms with van der Waals surface area (Å²) in [5.74, 6) is -9.01. The van der Waals surface area contributed by atoms with Crippen molar-refractivity contribution >= 4 is 94.8 Å². The molecule has 0 aliphatic carbocycles. The van der Waals surface area contributed by atoms with E-state index in [2.05, 4.69) is 23.7 Å². The maximum absolute atomic E-state index is 12.4. The van der Waals surface area contributed by atoms with Gasteiger partial charge in [-0.25, -0.2) is 0 Å². The van der Waals surface area contributed by atoms with E-state index < -0.39 is 105 Å². The van der Waals surface area contributed by atoms with Gasteiger partial charge in [0, 0.05) is 56.1 Å². The number of halogens is 2. The summed E-state index contributed by atoms with van der Waals surface area (Å²) in [7, 11) is 8.27. The first kappa shape index (κ1) is 98.0. The molecule has 0 aromatic heterocycles. The molecule has 0 bridgehead atoms. The van der Waals surface area contributed by atoms with Gasteiger partial charge in [0.05, 0.1) is 105 Å². The number of non-ortho nitro benzene ring substituents is 2. The number of hydrogen-bond donors (Lipinski definition) is 5. The number of carboxylic acid groups (broad SMARTS) is 3. The van der Waals surface area contributed by atoms with Crippen molar-refractivity contribution in [1.82, 2.24) is 0 Å². The van der Waals surface area contributed by atoms with Crippen LogP contribution in [-0.4, -0.2) is 135 Å². The maximum Gasteiger partial charge on any atom is 0.317 e. The Morgan fingerprint density at radius 1 is 0.420 bits per heavy atom. The number of carboxylic acids is 3. The molecule has 7 N–H and O–H groups in total. The number of nitro groups is 2. The number of nitrogen functional groups attached to an aromatic ring is 2. The van der Waals surface area contributed by atoms with Gasteiger partial charge in [-0.05, 0) is 46.5 Å². The number of esters is 7. The van der Waals surface area contributed by atoms with E-state index in [-0.39, 0.29) is 130 Å². The van der Waals surface area contributed by atoms with Crippen molar-refractivity contribution in [3.63, 3.8) is 0 Å². The van der Waals surface area contributed by atoms with Crippen LogP contribution >= 0.6 is 12.4 Å². The van der Waals surface area contributed by atoms with Gasteiger partial charge in [0.1, 0.15) is 16.2 Å². The van der Waals surface area contributed by atoms with Gasteiger partial charge in [-0.1, -0.05) is 85.7 Å². The van der Waals surface area contributed by atoms with Gasteiger partial charge in [0.25, 0.3) is 11.4 Å². The second kappa shape index (κ2) is 47.1. The van der Waals surface area contributed by atoms with E-state index in [0.717, 1.165) is 21.3 Å². The van der Waals surface area contributed by atoms with Crippen LogP contribution in [0.25, 0.3) is 0 Å². The minimum Gasteiger partial charge on any atom is -0.481 e. The summed E-state index contributed by atoms with van der Waals surface area (Å²) in [5, 5.41) is 48.0. The zero-order chi connectivity index (χ0) is 60.3. The molecule has 0 spiro atoms. The molecule has 500 valence electrons. The average molecular weight is 1370 g/mol. The van der Waals surface area contributed by atoms with Crippen LogP contribution < -0.4 is 11.5 Å². The van der Waals surface area contributed by atoms with Gasteiger partial charge < -0.3 is 67.4 Å². The van der Waals surface area contributed by atoms with Crippen LogP contribution in [0.15, 0.2) is 97.1 Å². The van der Waals surface area contributed by atoms with Crippen LogP contribution in [0.5, 0.6) is 0 Å². The summed E-state index contributed by atoms with van der Waals surface area (Å²) < 4.78 is 32.5. The van der Waals surface area contributed by atoms with Crippen LogP contribution in [0, 0.1) is 27.7 Å². The van der Waals surface area contributed by atoms with Crippen LogP contribution in [-0.2, 0) is 124 Å². The summed E-state index contributed by atoms with van der Waals surface area (Å²) in [6.45, 7) is 0. The van der Waals surface area contributed by atoms with E-state index >= 15 is 0 Å². The SMILES string of the molecule is C.C.C.C.C.COC(=O)CC(CC(=O)OC)(C(=O)OC)c1ccc(N)cc1.COC(=O)CC(CC(=O)OC)(C(=O)OC)c1ccc([N+](=O)[O-])cc1.COC(=O)Cc1ccc([N+](=O)[O-])cc1.Cl.F.Nc1ccc(C(CC(=O)O)(CC(=O)O)C(=O)O)cc1.[CH3-].[Pd]. The van der Waals surface area contributed by atoms with Crippen molar-refractivity contribution in [2.45, 2.75) is 98.3 Å². The predicted octanol–water partition coefficient (Wildman–Crippen LogP) is 7.99. The number of anilines is 2. The van der Waals surface area contributed by atoms with E-state index in [4.69, 9.17) is 31.2 Å². The fraction of sp³-hybridized carbons (Fsp3) is 0.386. The molecule has 0 aliphatic rings. The molecular weight excluding hydrogens is 1290 g/mol. The van der Waals surface area contributed by atoms with Crippen molar-refractivity contribution in [1.29, 1.82) is 0 Å². The number of methoxy groups -OCH3 is 7. The molecular formula is C57H83ClFN4O24Pd-. The van der Waals surface area contributed by atoms with E-state index in [0.29, 0.717) is 22.5 Å². The Balaban J connectivity index is -0.000000132. The molecule has 0 heterocycles. The first-order valence-corrected chi connectivity index (χ1v) is 22.5. The molecule has 0 saturated carbocycles. The first-order valence-electron chi connectivity index (χ1n) is 22.5. The second-order valence-electron chi connectivity index (χ2n) is 16.4.